The second-order valence-electron chi connectivity index (χ2n) is 9.20. The van der Waals surface area contributed by atoms with Crippen molar-refractivity contribution in [3.8, 4) is 0 Å². The zero-order chi connectivity index (χ0) is 14.6. The second-order valence-corrected chi connectivity index (χ2v) is 9.20. The average Bonchev–Trinajstić information content (AvgIpc) is 2.30. The van der Waals surface area contributed by atoms with Gasteiger partial charge in [-0.3, -0.25) is 0 Å². The van der Waals surface area contributed by atoms with Gasteiger partial charge in [0.2, 0.25) is 0 Å². The molecule has 4 aliphatic rings. The standard InChI is InChI=1S/C18H32O2/c1-13(5-6-20-4)15(19)18-9-14-7-16(2,11-18)10-17(3,8-14)12-18/h13-15,19H,5-12H2,1-4H3. The Labute approximate surface area is 124 Å². The third kappa shape index (κ3) is 2.33. The second kappa shape index (κ2) is 4.71. The van der Waals surface area contributed by atoms with E-state index in [0.717, 1.165) is 18.9 Å². The Bertz CT molecular complexity index is 360. The quantitative estimate of drug-likeness (QED) is 0.824. The fourth-order valence-corrected chi connectivity index (χ4v) is 6.93. The van der Waals surface area contributed by atoms with Gasteiger partial charge in [0.05, 0.1) is 6.10 Å². The fourth-order valence-electron chi connectivity index (χ4n) is 6.93. The maximum Gasteiger partial charge on any atom is 0.0623 e. The van der Waals surface area contributed by atoms with Crippen molar-refractivity contribution in [3.63, 3.8) is 0 Å². The first-order chi connectivity index (χ1) is 9.30. The first-order valence-corrected chi connectivity index (χ1v) is 8.47. The summed E-state index contributed by atoms with van der Waals surface area (Å²) in [5.41, 5.74) is 1.20. The molecule has 2 nitrogen and oxygen atoms in total. The molecule has 1 N–H and O–H groups in total. The van der Waals surface area contributed by atoms with E-state index < -0.39 is 0 Å². The molecule has 0 radical (unpaired) electrons. The molecule has 4 saturated carbocycles. The van der Waals surface area contributed by atoms with Crippen LogP contribution in [0.3, 0.4) is 0 Å². The highest BCUT2D eigenvalue weighted by Crippen LogP contribution is 2.70. The van der Waals surface area contributed by atoms with Crippen LogP contribution in [-0.4, -0.2) is 24.9 Å². The smallest absolute Gasteiger partial charge is 0.0623 e. The number of ether oxygens (including phenoxy) is 1. The van der Waals surface area contributed by atoms with Crippen LogP contribution in [0, 0.1) is 28.1 Å². The normalized spacial score (nSPS) is 49.4. The number of hydrogen-bond donors (Lipinski definition) is 1. The Hall–Kier alpha value is -0.0800. The molecule has 0 aliphatic heterocycles. The molecule has 0 aromatic heterocycles. The Kier molecular flexibility index (Phi) is 3.49. The molecule has 4 atom stereocenters. The number of aliphatic hydroxyl groups excluding tert-OH is 1. The lowest BCUT2D eigenvalue weighted by atomic mass is 9.39. The molecule has 4 rings (SSSR count). The van der Waals surface area contributed by atoms with Gasteiger partial charge >= 0.3 is 0 Å². The van der Waals surface area contributed by atoms with Crippen LogP contribution in [0.2, 0.25) is 0 Å². The maximum atomic E-state index is 11.1. The lowest BCUT2D eigenvalue weighted by molar-refractivity contribution is -0.195. The van der Waals surface area contributed by atoms with E-state index in [0.29, 0.717) is 16.7 Å². The molecular weight excluding hydrogens is 248 g/mol. The summed E-state index contributed by atoms with van der Waals surface area (Å²) in [6.45, 7) is 7.95. The third-order valence-electron chi connectivity index (χ3n) is 6.61. The molecule has 4 fully saturated rings. The van der Waals surface area contributed by atoms with E-state index in [2.05, 4.69) is 20.8 Å². The van der Waals surface area contributed by atoms with Gasteiger partial charge in [-0.25, -0.2) is 0 Å². The summed E-state index contributed by atoms with van der Waals surface area (Å²) in [5, 5.41) is 11.1. The first-order valence-electron chi connectivity index (χ1n) is 8.47. The lowest BCUT2D eigenvalue weighted by Gasteiger charge is -2.67. The van der Waals surface area contributed by atoms with E-state index in [1.165, 1.54) is 38.5 Å². The molecule has 0 saturated heterocycles. The van der Waals surface area contributed by atoms with Gasteiger partial charge in [-0.05, 0) is 73.0 Å². The predicted octanol–water partition coefficient (Wildman–Crippen LogP) is 4.02. The van der Waals surface area contributed by atoms with Crippen LogP contribution in [-0.2, 0) is 4.74 Å². The van der Waals surface area contributed by atoms with E-state index in [1.54, 1.807) is 7.11 Å². The highest BCUT2D eigenvalue weighted by molar-refractivity contribution is 5.12. The van der Waals surface area contributed by atoms with Gasteiger partial charge in [-0.15, -0.1) is 0 Å². The van der Waals surface area contributed by atoms with Gasteiger partial charge < -0.3 is 9.84 Å². The van der Waals surface area contributed by atoms with Crippen LogP contribution in [0.15, 0.2) is 0 Å². The minimum absolute atomic E-state index is 0.139. The van der Waals surface area contributed by atoms with Gasteiger partial charge in [0, 0.05) is 13.7 Å². The number of hydrogen-bond acceptors (Lipinski definition) is 2. The molecular formula is C18H32O2. The predicted molar refractivity (Wildman–Crippen MR) is 81.5 cm³/mol. The van der Waals surface area contributed by atoms with E-state index in [9.17, 15) is 5.11 Å². The van der Waals surface area contributed by atoms with Crippen molar-refractivity contribution < 1.29 is 9.84 Å². The van der Waals surface area contributed by atoms with Crippen molar-refractivity contribution in [2.45, 2.75) is 71.8 Å². The van der Waals surface area contributed by atoms with Crippen LogP contribution in [0.25, 0.3) is 0 Å². The van der Waals surface area contributed by atoms with Crippen LogP contribution in [0.1, 0.15) is 65.7 Å². The minimum atomic E-state index is -0.139. The van der Waals surface area contributed by atoms with E-state index in [1.807, 2.05) is 0 Å². The molecule has 0 amide bonds. The van der Waals surface area contributed by atoms with Crippen LogP contribution in [0.5, 0.6) is 0 Å². The largest absolute Gasteiger partial charge is 0.392 e. The summed E-state index contributed by atoms with van der Waals surface area (Å²) in [5.74, 6) is 1.23. The summed E-state index contributed by atoms with van der Waals surface area (Å²) < 4.78 is 5.21. The van der Waals surface area contributed by atoms with Crippen LogP contribution >= 0.6 is 0 Å². The summed E-state index contributed by atoms with van der Waals surface area (Å²) in [4.78, 5) is 0. The van der Waals surface area contributed by atoms with Crippen molar-refractivity contribution in [2.75, 3.05) is 13.7 Å². The van der Waals surface area contributed by atoms with Gasteiger partial charge in [0.1, 0.15) is 0 Å². The van der Waals surface area contributed by atoms with E-state index in [4.69, 9.17) is 4.74 Å². The summed E-state index contributed by atoms with van der Waals surface area (Å²) in [6.07, 6.45) is 8.83. The van der Waals surface area contributed by atoms with E-state index >= 15 is 0 Å². The zero-order valence-electron chi connectivity index (χ0n) is 13.7. The SMILES string of the molecule is COCCC(C)C(O)C12CC3CC(C)(CC(C)(C3)C1)C2. The van der Waals surface area contributed by atoms with Crippen molar-refractivity contribution >= 4 is 0 Å². The maximum absolute atomic E-state index is 11.1. The Morgan fingerprint density at radius 1 is 1.10 bits per heavy atom. The van der Waals surface area contributed by atoms with Gasteiger partial charge in [0.15, 0.2) is 0 Å². The fraction of sp³-hybridized carbons (Fsp3) is 1.00. The monoisotopic (exact) mass is 280 g/mol. The van der Waals surface area contributed by atoms with Crippen LogP contribution < -0.4 is 0 Å². The molecule has 20 heavy (non-hydrogen) atoms. The number of methoxy groups -OCH3 is 1. The minimum Gasteiger partial charge on any atom is -0.392 e. The molecule has 2 heteroatoms. The van der Waals surface area contributed by atoms with Crippen molar-refractivity contribution in [1.82, 2.24) is 0 Å². The molecule has 116 valence electrons. The Balaban J connectivity index is 1.81. The highest BCUT2D eigenvalue weighted by Gasteiger charge is 2.62. The first kappa shape index (κ1) is 14.8. The van der Waals surface area contributed by atoms with Gasteiger partial charge in [-0.2, -0.15) is 0 Å². The van der Waals surface area contributed by atoms with Crippen molar-refractivity contribution in [1.29, 1.82) is 0 Å². The number of aliphatic hydroxyl groups is 1. The lowest BCUT2D eigenvalue weighted by Crippen LogP contribution is -2.59. The van der Waals surface area contributed by atoms with Crippen molar-refractivity contribution in [2.24, 2.45) is 28.1 Å². The number of rotatable bonds is 5. The molecule has 4 unspecified atom stereocenters. The summed E-state index contributed by atoms with van der Waals surface area (Å²) in [6, 6.07) is 0. The molecule has 0 aromatic carbocycles. The van der Waals surface area contributed by atoms with Gasteiger partial charge in [0.25, 0.3) is 0 Å². The molecule has 0 spiro atoms. The molecule has 4 aliphatic carbocycles. The summed E-state index contributed by atoms with van der Waals surface area (Å²) in [7, 11) is 1.76. The van der Waals surface area contributed by atoms with Crippen molar-refractivity contribution in [3.05, 3.63) is 0 Å². The third-order valence-corrected chi connectivity index (χ3v) is 6.61. The zero-order valence-corrected chi connectivity index (χ0v) is 13.7. The highest BCUT2D eigenvalue weighted by atomic mass is 16.5. The van der Waals surface area contributed by atoms with E-state index in [-0.39, 0.29) is 11.5 Å². The van der Waals surface area contributed by atoms with Gasteiger partial charge in [-0.1, -0.05) is 20.8 Å². The molecule has 0 heterocycles. The Morgan fingerprint density at radius 3 is 2.20 bits per heavy atom. The molecule has 4 bridgehead atoms. The molecule has 0 aromatic rings. The van der Waals surface area contributed by atoms with Crippen LogP contribution in [0.4, 0.5) is 0 Å². The Morgan fingerprint density at radius 2 is 1.70 bits per heavy atom. The average molecular weight is 280 g/mol. The topological polar surface area (TPSA) is 29.5 Å². The summed E-state index contributed by atoms with van der Waals surface area (Å²) >= 11 is 0.